The Balaban J connectivity index is 1.65. The largest absolute Gasteiger partial charge is 0.362 e. The standard InChI is InChI=1S/C26H30N2S/c1-3-20-16-11-17-21(4-2)25(20)28-26(29)27-19-18-24(22-12-7-5-8-13-22)23-14-9-6-10-15-23/h5-17,24H,3-4,18-19H2,1-2H3,(H2,27,28,29). The number of hydrogen-bond acceptors (Lipinski definition) is 1. The highest BCUT2D eigenvalue weighted by atomic mass is 32.1. The summed E-state index contributed by atoms with van der Waals surface area (Å²) in [5.74, 6) is 0.349. The molecule has 0 aliphatic carbocycles. The van der Waals surface area contributed by atoms with Gasteiger partial charge in [0.25, 0.3) is 0 Å². The Morgan fingerprint density at radius 1 is 0.759 bits per heavy atom. The highest BCUT2D eigenvalue weighted by molar-refractivity contribution is 7.80. The van der Waals surface area contributed by atoms with Crippen LogP contribution in [0.2, 0.25) is 0 Å². The number of nitrogens with one attached hydrogen (secondary N) is 2. The van der Waals surface area contributed by atoms with Gasteiger partial charge < -0.3 is 10.6 Å². The second-order valence-corrected chi connectivity index (χ2v) is 7.61. The van der Waals surface area contributed by atoms with E-state index in [4.69, 9.17) is 12.2 Å². The van der Waals surface area contributed by atoms with Crippen LogP contribution in [0.15, 0.2) is 78.9 Å². The van der Waals surface area contributed by atoms with Crippen LogP contribution in [0, 0.1) is 0 Å². The lowest BCUT2D eigenvalue weighted by molar-refractivity contribution is 0.694. The van der Waals surface area contributed by atoms with Crippen LogP contribution in [0.4, 0.5) is 5.69 Å². The Hall–Kier alpha value is -2.65. The maximum Gasteiger partial charge on any atom is 0.170 e. The zero-order chi connectivity index (χ0) is 20.5. The van der Waals surface area contributed by atoms with E-state index < -0.39 is 0 Å². The highest BCUT2D eigenvalue weighted by Gasteiger charge is 2.14. The van der Waals surface area contributed by atoms with Crippen molar-refractivity contribution in [1.82, 2.24) is 5.32 Å². The molecule has 0 aliphatic rings. The van der Waals surface area contributed by atoms with Crippen LogP contribution in [-0.4, -0.2) is 11.7 Å². The molecule has 0 unspecified atom stereocenters. The third-order valence-corrected chi connectivity index (χ3v) is 5.61. The molecule has 0 atom stereocenters. The number of rotatable bonds is 8. The third kappa shape index (κ3) is 5.68. The van der Waals surface area contributed by atoms with Gasteiger partial charge in [-0.25, -0.2) is 0 Å². The van der Waals surface area contributed by atoms with Gasteiger partial charge in [0.2, 0.25) is 0 Å². The molecular formula is C26H30N2S. The molecule has 0 amide bonds. The number of thiocarbonyl (C=S) groups is 1. The van der Waals surface area contributed by atoms with Gasteiger partial charge in [-0.15, -0.1) is 0 Å². The second-order valence-electron chi connectivity index (χ2n) is 7.20. The van der Waals surface area contributed by atoms with Crippen molar-refractivity contribution < 1.29 is 0 Å². The predicted octanol–water partition coefficient (Wildman–Crippen LogP) is 6.32. The Labute approximate surface area is 180 Å². The molecule has 3 rings (SSSR count). The van der Waals surface area contributed by atoms with Crippen molar-refractivity contribution >= 4 is 23.0 Å². The normalized spacial score (nSPS) is 10.7. The minimum absolute atomic E-state index is 0.349. The monoisotopic (exact) mass is 402 g/mol. The van der Waals surface area contributed by atoms with Gasteiger partial charge in [-0.2, -0.15) is 0 Å². The molecule has 3 heteroatoms. The summed E-state index contributed by atoms with van der Waals surface area (Å²) < 4.78 is 0. The molecule has 3 aromatic carbocycles. The molecule has 0 spiro atoms. The van der Waals surface area contributed by atoms with Crippen molar-refractivity contribution in [3.05, 3.63) is 101 Å². The molecule has 29 heavy (non-hydrogen) atoms. The first kappa shape index (κ1) is 21.1. The van der Waals surface area contributed by atoms with Gasteiger partial charge in [0, 0.05) is 18.2 Å². The van der Waals surface area contributed by atoms with Crippen molar-refractivity contribution in [3.8, 4) is 0 Å². The fraction of sp³-hybridized carbons (Fsp3) is 0.269. The Kier molecular flexibility index (Phi) is 7.83. The Morgan fingerprint density at radius 2 is 1.28 bits per heavy atom. The van der Waals surface area contributed by atoms with E-state index in [-0.39, 0.29) is 0 Å². The molecule has 0 aromatic heterocycles. The van der Waals surface area contributed by atoms with E-state index >= 15 is 0 Å². The molecule has 2 nitrogen and oxygen atoms in total. The molecule has 0 fully saturated rings. The third-order valence-electron chi connectivity index (χ3n) is 5.36. The van der Waals surface area contributed by atoms with Gasteiger partial charge in [0.05, 0.1) is 0 Å². The summed E-state index contributed by atoms with van der Waals surface area (Å²) in [5.41, 5.74) is 6.45. The van der Waals surface area contributed by atoms with Crippen molar-refractivity contribution in [2.45, 2.75) is 39.0 Å². The van der Waals surface area contributed by atoms with Gasteiger partial charge in [0.15, 0.2) is 5.11 Å². The summed E-state index contributed by atoms with van der Waals surface area (Å²) in [6, 6.07) is 27.9. The zero-order valence-corrected chi connectivity index (χ0v) is 18.1. The van der Waals surface area contributed by atoms with E-state index in [9.17, 15) is 0 Å². The van der Waals surface area contributed by atoms with E-state index in [0.29, 0.717) is 11.0 Å². The molecule has 0 aliphatic heterocycles. The molecule has 0 saturated heterocycles. The van der Waals surface area contributed by atoms with Gasteiger partial charge in [0.1, 0.15) is 0 Å². The van der Waals surface area contributed by atoms with Crippen LogP contribution >= 0.6 is 12.2 Å². The maximum absolute atomic E-state index is 5.61. The van der Waals surface area contributed by atoms with Crippen molar-refractivity contribution in [3.63, 3.8) is 0 Å². The SMILES string of the molecule is CCc1cccc(CC)c1NC(=S)NCCC(c1ccccc1)c1ccccc1. The fourth-order valence-corrected chi connectivity index (χ4v) is 3.99. The number of aryl methyl sites for hydroxylation is 2. The maximum atomic E-state index is 5.61. The van der Waals surface area contributed by atoms with Crippen LogP contribution < -0.4 is 10.6 Å². The molecule has 0 heterocycles. The first-order valence-electron chi connectivity index (χ1n) is 10.5. The van der Waals surface area contributed by atoms with Crippen molar-refractivity contribution in [2.75, 3.05) is 11.9 Å². The molecule has 150 valence electrons. The van der Waals surface area contributed by atoms with E-state index in [2.05, 4.69) is 103 Å². The van der Waals surface area contributed by atoms with E-state index in [0.717, 1.165) is 31.5 Å². The van der Waals surface area contributed by atoms with E-state index in [1.54, 1.807) is 0 Å². The van der Waals surface area contributed by atoms with Crippen molar-refractivity contribution in [2.24, 2.45) is 0 Å². The first-order valence-corrected chi connectivity index (χ1v) is 10.9. The summed E-state index contributed by atoms with van der Waals surface area (Å²) in [6.07, 6.45) is 2.96. The molecule has 0 radical (unpaired) electrons. The fourth-order valence-electron chi connectivity index (χ4n) is 3.79. The second kappa shape index (κ2) is 10.8. The lowest BCUT2D eigenvalue weighted by Gasteiger charge is -2.20. The van der Waals surface area contributed by atoms with Crippen LogP contribution in [0.1, 0.15) is 48.4 Å². The Morgan fingerprint density at radius 3 is 1.76 bits per heavy atom. The van der Waals surface area contributed by atoms with E-state index in [1.807, 2.05) is 0 Å². The minimum Gasteiger partial charge on any atom is -0.362 e. The predicted molar refractivity (Wildman–Crippen MR) is 129 cm³/mol. The van der Waals surface area contributed by atoms with Crippen LogP contribution in [-0.2, 0) is 12.8 Å². The first-order chi connectivity index (χ1) is 14.2. The lowest BCUT2D eigenvalue weighted by atomic mass is 9.88. The Bertz CT molecular complexity index is 845. The van der Waals surface area contributed by atoms with Gasteiger partial charge in [-0.1, -0.05) is 92.7 Å². The highest BCUT2D eigenvalue weighted by Crippen LogP contribution is 2.27. The van der Waals surface area contributed by atoms with Gasteiger partial charge in [-0.3, -0.25) is 0 Å². The van der Waals surface area contributed by atoms with Gasteiger partial charge >= 0.3 is 0 Å². The zero-order valence-electron chi connectivity index (χ0n) is 17.3. The quantitative estimate of drug-likeness (QED) is 0.431. The van der Waals surface area contributed by atoms with Crippen LogP contribution in [0.3, 0.4) is 0 Å². The summed E-state index contributed by atoms with van der Waals surface area (Å²) in [4.78, 5) is 0. The van der Waals surface area contributed by atoms with Gasteiger partial charge in [-0.05, 0) is 53.7 Å². The van der Waals surface area contributed by atoms with Crippen LogP contribution in [0.25, 0.3) is 0 Å². The molecule has 3 aromatic rings. The van der Waals surface area contributed by atoms with Crippen LogP contribution in [0.5, 0.6) is 0 Å². The number of benzene rings is 3. The summed E-state index contributed by atoms with van der Waals surface area (Å²) in [5, 5.41) is 7.57. The number of hydrogen-bond donors (Lipinski definition) is 2. The average molecular weight is 403 g/mol. The molecule has 0 bridgehead atoms. The summed E-state index contributed by atoms with van der Waals surface area (Å²) in [6.45, 7) is 5.18. The van der Waals surface area contributed by atoms with Crippen molar-refractivity contribution in [1.29, 1.82) is 0 Å². The smallest absolute Gasteiger partial charge is 0.170 e. The molecular weight excluding hydrogens is 372 g/mol. The minimum atomic E-state index is 0.349. The summed E-state index contributed by atoms with van der Waals surface area (Å²) in [7, 11) is 0. The number of anilines is 1. The number of para-hydroxylation sites is 1. The molecule has 0 saturated carbocycles. The van der Waals surface area contributed by atoms with E-state index in [1.165, 1.54) is 22.3 Å². The average Bonchev–Trinajstić information content (AvgIpc) is 2.78. The summed E-state index contributed by atoms with van der Waals surface area (Å²) >= 11 is 5.61. The lowest BCUT2D eigenvalue weighted by Crippen LogP contribution is -2.31. The molecule has 2 N–H and O–H groups in total. The topological polar surface area (TPSA) is 24.1 Å².